The van der Waals surface area contributed by atoms with Crippen molar-refractivity contribution in [1.82, 2.24) is 5.32 Å². The Morgan fingerprint density at radius 1 is 1.20 bits per heavy atom. The van der Waals surface area contributed by atoms with Crippen LogP contribution in [0, 0.1) is 0 Å². The van der Waals surface area contributed by atoms with E-state index >= 15 is 0 Å². The monoisotopic (exact) mass is 277 g/mol. The normalized spacial score (nSPS) is 13.1. The topological polar surface area (TPSA) is 58.6 Å². The van der Waals surface area contributed by atoms with E-state index in [0.29, 0.717) is 6.54 Å². The van der Waals surface area contributed by atoms with Gasteiger partial charge in [0.05, 0.1) is 0 Å². The van der Waals surface area contributed by atoms with E-state index in [0.717, 1.165) is 37.9 Å². The van der Waals surface area contributed by atoms with E-state index in [1.807, 2.05) is 6.07 Å². The second-order valence-electron chi connectivity index (χ2n) is 5.21. The van der Waals surface area contributed by atoms with E-state index in [1.54, 1.807) is 0 Å². The van der Waals surface area contributed by atoms with Gasteiger partial charge < -0.3 is 15.2 Å². The summed E-state index contributed by atoms with van der Waals surface area (Å²) in [5.74, 6) is 0.690. The van der Waals surface area contributed by atoms with Gasteiger partial charge in [0.1, 0.15) is 5.75 Å². The lowest BCUT2D eigenvalue weighted by Gasteiger charge is -2.08. The first kappa shape index (κ1) is 14.9. The lowest BCUT2D eigenvalue weighted by atomic mass is 10.1. The number of amides is 1. The Bertz CT molecular complexity index is 445. The first-order valence-electron chi connectivity index (χ1n) is 7.42. The number of fused-ring (bicyclic) bond motifs is 1. The van der Waals surface area contributed by atoms with Crippen LogP contribution in [-0.4, -0.2) is 30.8 Å². The van der Waals surface area contributed by atoms with E-state index in [-0.39, 0.29) is 19.1 Å². The number of aliphatic hydroxyl groups excluding tert-OH is 1. The quantitative estimate of drug-likeness (QED) is 0.713. The molecule has 1 amide bonds. The molecule has 0 fully saturated rings. The van der Waals surface area contributed by atoms with Gasteiger partial charge in [-0.25, -0.2) is 0 Å². The van der Waals surface area contributed by atoms with E-state index in [9.17, 15) is 4.79 Å². The third-order valence-electron chi connectivity index (χ3n) is 3.60. The van der Waals surface area contributed by atoms with Gasteiger partial charge in [-0.15, -0.1) is 0 Å². The summed E-state index contributed by atoms with van der Waals surface area (Å²) in [6.07, 6.45) is 6.11. The van der Waals surface area contributed by atoms with Crippen LogP contribution in [0.3, 0.4) is 0 Å². The van der Waals surface area contributed by atoms with Crippen molar-refractivity contribution < 1.29 is 14.6 Å². The Hall–Kier alpha value is -1.55. The van der Waals surface area contributed by atoms with Crippen LogP contribution in [0.15, 0.2) is 18.2 Å². The molecule has 4 heteroatoms. The highest BCUT2D eigenvalue weighted by molar-refractivity contribution is 5.77. The number of hydrogen-bond acceptors (Lipinski definition) is 3. The van der Waals surface area contributed by atoms with E-state index in [2.05, 4.69) is 17.4 Å². The second kappa shape index (κ2) is 7.90. The van der Waals surface area contributed by atoms with Gasteiger partial charge in [0.2, 0.25) is 0 Å². The van der Waals surface area contributed by atoms with Crippen molar-refractivity contribution in [2.75, 3.05) is 19.8 Å². The van der Waals surface area contributed by atoms with Crippen LogP contribution < -0.4 is 10.1 Å². The Balaban J connectivity index is 1.66. The molecule has 0 bridgehead atoms. The standard InChI is InChI=1S/C16H23NO3/c18-10-3-1-2-9-17-16(19)12-20-15-8-7-13-5-4-6-14(13)11-15/h7-8,11,18H,1-6,9-10,12H2,(H,17,19). The number of carbonyl (C=O) groups is 1. The molecular formula is C16H23NO3. The van der Waals surface area contributed by atoms with E-state index < -0.39 is 0 Å². The minimum absolute atomic E-state index is 0.0682. The van der Waals surface area contributed by atoms with Gasteiger partial charge in [-0.2, -0.15) is 0 Å². The Morgan fingerprint density at radius 2 is 2.05 bits per heavy atom. The molecule has 0 radical (unpaired) electrons. The van der Waals surface area contributed by atoms with Gasteiger partial charge >= 0.3 is 0 Å². The number of unbranched alkanes of at least 4 members (excludes halogenated alkanes) is 2. The van der Waals surface area contributed by atoms with Crippen LogP contribution in [0.5, 0.6) is 5.75 Å². The molecular weight excluding hydrogens is 254 g/mol. The molecule has 0 spiro atoms. The smallest absolute Gasteiger partial charge is 0.257 e. The average Bonchev–Trinajstić information content (AvgIpc) is 2.92. The third-order valence-corrected chi connectivity index (χ3v) is 3.60. The maximum Gasteiger partial charge on any atom is 0.257 e. The van der Waals surface area contributed by atoms with Gasteiger partial charge in [0, 0.05) is 13.2 Å². The van der Waals surface area contributed by atoms with Crippen LogP contribution in [0.4, 0.5) is 0 Å². The fourth-order valence-electron chi connectivity index (χ4n) is 2.48. The summed E-state index contributed by atoms with van der Waals surface area (Å²) in [6.45, 7) is 0.931. The molecule has 0 aliphatic heterocycles. The fraction of sp³-hybridized carbons (Fsp3) is 0.562. The fourth-order valence-corrected chi connectivity index (χ4v) is 2.48. The van der Waals surface area contributed by atoms with Crippen molar-refractivity contribution in [3.05, 3.63) is 29.3 Å². The molecule has 1 aliphatic rings. The number of hydrogen-bond donors (Lipinski definition) is 2. The molecule has 2 rings (SSSR count). The van der Waals surface area contributed by atoms with Crippen molar-refractivity contribution >= 4 is 5.91 Å². The molecule has 4 nitrogen and oxygen atoms in total. The highest BCUT2D eigenvalue weighted by Gasteiger charge is 2.11. The molecule has 0 saturated carbocycles. The molecule has 20 heavy (non-hydrogen) atoms. The molecule has 110 valence electrons. The zero-order valence-electron chi connectivity index (χ0n) is 11.9. The highest BCUT2D eigenvalue weighted by Crippen LogP contribution is 2.25. The molecule has 1 aliphatic carbocycles. The van der Waals surface area contributed by atoms with Crippen molar-refractivity contribution in [3.8, 4) is 5.75 Å². The van der Waals surface area contributed by atoms with Crippen molar-refractivity contribution in [2.45, 2.75) is 38.5 Å². The van der Waals surface area contributed by atoms with Gasteiger partial charge in [0.25, 0.3) is 5.91 Å². The van der Waals surface area contributed by atoms with Crippen molar-refractivity contribution in [1.29, 1.82) is 0 Å². The van der Waals surface area contributed by atoms with Gasteiger partial charge in [-0.1, -0.05) is 6.07 Å². The minimum Gasteiger partial charge on any atom is -0.484 e. The number of nitrogens with one attached hydrogen (secondary N) is 1. The van der Waals surface area contributed by atoms with E-state index in [4.69, 9.17) is 9.84 Å². The summed E-state index contributed by atoms with van der Waals surface area (Å²) >= 11 is 0. The first-order chi connectivity index (χ1) is 9.79. The molecule has 0 saturated heterocycles. The number of rotatable bonds is 8. The number of aliphatic hydroxyl groups is 1. The van der Waals surface area contributed by atoms with Crippen molar-refractivity contribution in [3.63, 3.8) is 0 Å². The Labute approximate surface area is 120 Å². The van der Waals surface area contributed by atoms with Crippen LogP contribution in [0.1, 0.15) is 36.8 Å². The Kier molecular flexibility index (Phi) is 5.87. The SMILES string of the molecule is O=C(COc1ccc2c(c1)CCC2)NCCCCCO. The summed E-state index contributed by atoms with van der Waals surface area (Å²) < 4.78 is 5.52. The maximum atomic E-state index is 11.6. The second-order valence-corrected chi connectivity index (χ2v) is 5.21. The summed E-state index contributed by atoms with van der Waals surface area (Å²) in [7, 11) is 0. The highest BCUT2D eigenvalue weighted by atomic mass is 16.5. The molecule has 2 N–H and O–H groups in total. The zero-order chi connectivity index (χ0) is 14.2. The first-order valence-corrected chi connectivity index (χ1v) is 7.42. The number of aryl methyl sites for hydroxylation is 2. The molecule has 1 aromatic rings. The predicted molar refractivity (Wildman–Crippen MR) is 77.9 cm³/mol. The Morgan fingerprint density at radius 3 is 2.90 bits per heavy atom. The summed E-state index contributed by atoms with van der Waals surface area (Å²) in [4.78, 5) is 11.6. The lowest BCUT2D eigenvalue weighted by molar-refractivity contribution is -0.123. The molecule has 0 unspecified atom stereocenters. The van der Waals surface area contributed by atoms with Crippen LogP contribution >= 0.6 is 0 Å². The predicted octanol–water partition coefficient (Wildman–Crippen LogP) is 1.83. The average molecular weight is 277 g/mol. The van der Waals surface area contributed by atoms with Crippen LogP contribution in [0.2, 0.25) is 0 Å². The largest absolute Gasteiger partial charge is 0.484 e. The summed E-state index contributed by atoms with van der Waals surface area (Å²) in [5.41, 5.74) is 2.76. The summed E-state index contributed by atoms with van der Waals surface area (Å²) in [5, 5.41) is 11.5. The van der Waals surface area contributed by atoms with Gasteiger partial charge in [-0.3, -0.25) is 4.79 Å². The minimum atomic E-state index is -0.0884. The number of ether oxygens (including phenoxy) is 1. The van der Waals surface area contributed by atoms with Crippen LogP contribution in [-0.2, 0) is 17.6 Å². The molecule has 0 aromatic heterocycles. The van der Waals surface area contributed by atoms with Crippen molar-refractivity contribution in [2.24, 2.45) is 0 Å². The third kappa shape index (κ3) is 4.53. The number of carbonyl (C=O) groups excluding carboxylic acids is 1. The maximum absolute atomic E-state index is 11.6. The molecule has 0 atom stereocenters. The lowest BCUT2D eigenvalue weighted by Crippen LogP contribution is -2.29. The number of benzene rings is 1. The van der Waals surface area contributed by atoms with Gasteiger partial charge in [-0.05, 0) is 61.8 Å². The molecule has 0 heterocycles. The van der Waals surface area contributed by atoms with E-state index in [1.165, 1.54) is 17.5 Å². The zero-order valence-corrected chi connectivity index (χ0v) is 11.9. The van der Waals surface area contributed by atoms with Gasteiger partial charge in [0.15, 0.2) is 6.61 Å². The summed E-state index contributed by atoms with van der Waals surface area (Å²) in [6, 6.07) is 6.10. The van der Waals surface area contributed by atoms with Crippen LogP contribution in [0.25, 0.3) is 0 Å². The molecule has 1 aromatic carbocycles.